The normalized spacial score (nSPS) is 22.0. The van der Waals surface area contributed by atoms with Gasteiger partial charge in [-0.2, -0.15) is 0 Å². The fraction of sp³-hybridized carbons (Fsp3) is 0.643. The molecule has 0 aromatic carbocycles. The number of thiazole rings is 1. The summed E-state index contributed by atoms with van der Waals surface area (Å²) in [6, 6.07) is -0.364. The molecule has 1 N–H and O–H groups in total. The Balaban J connectivity index is 2.12. The van der Waals surface area contributed by atoms with E-state index < -0.39 is 5.54 Å². The van der Waals surface area contributed by atoms with Crippen molar-refractivity contribution in [3.63, 3.8) is 0 Å². The lowest BCUT2D eigenvalue weighted by Crippen LogP contribution is -2.68. The van der Waals surface area contributed by atoms with Crippen molar-refractivity contribution in [2.75, 3.05) is 6.54 Å². The Kier molecular flexibility index (Phi) is 4.13. The maximum absolute atomic E-state index is 12.5. The molecule has 2 heterocycles. The third kappa shape index (κ3) is 2.85. The van der Waals surface area contributed by atoms with E-state index in [9.17, 15) is 9.59 Å². The number of carbonyl (C=O) groups is 2. The lowest BCUT2D eigenvalue weighted by Gasteiger charge is -2.42. The van der Waals surface area contributed by atoms with E-state index in [-0.39, 0.29) is 17.9 Å². The largest absolute Gasteiger partial charge is 0.340 e. The van der Waals surface area contributed by atoms with Gasteiger partial charge < -0.3 is 10.2 Å². The number of rotatable bonds is 4. The summed E-state index contributed by atoms with van der Waals surface area (Å²) < 4.78 is 0. The molecule has 1 unspecified atom stereocenters. The second-order valence-corrected chi connectivity index (χ2v) is 6.61. The highest BCUT2D eigenvalue weighted by Gasteiger charge is 2.44. The highest BCUT2D eigenvalue weighted by atomic mass is 32.1. The van der Waals surface area contributed by atoms with Gasteiger partial charge in [-0.3, -0.25) is 9.59 Å². The van der Waals surface area contributed by atoms with Crippen LogP contribution in [0.1, 0.15) is 37.9 Å². The van der Waals surface area contributed by atoms with Crippen molar-refractivity contribution in [3.8, 4) is 0 Å². The van der Waals surface area contributed by atoms with Gasteiger partial charge in [-0.1, -0.05) is 6.92 Å². The zero-order valence-electron chi connectivity index (χ0n) is 12.4. The van der Waals surface area contributed by atoms with E-state index in [1.165, 1.54) is 0 Å². The Hall–Kier alpha value is -1.43. The van der Waals surface area contributed by atoms with Crippen LogP contribution in [0.2, 0.25) is 0 Å². The number of aromatic nitrogens is 1. The van der Waals surface area contributed by atoms with Crippen molar-refractivity contribution >= 4 is 23.2 Å². The predicted octanol–water partition coefficient (Wildman–Crippen LogP) is 1.51. The van der Waals surface area contributed by atoms with Gasteiger partial charge >= 0.3 is 0 Å². The SMILES string of the molecule is CCC1C(=O)NC(C)(C)C(=O)N1CCc1nc(C)cs1. The molecule has 1 fully saturated rings. The van der Waals surface area contributed by atoms with E-state index in [1.807, 2.05) is 19.2 Å². The van der Waals surface area contributed by atoms with Crippen molar-refractivity contribution in [1.82, 2.24) is 15.2 Å². The second kappa shape index (κ2) is 5.52. The van der Waals surface area contributed by atoms with E-state index in [0.29, 0.717) is 19.4 Å². The van der Waals surface area contributed by atoms with Crippen molar-refractivity contribution in [2.24, 2.45) is 0 Å². The molecule has 1 atom stereocenters. The number of hydrogen-bond donors (Lipinski definition) is 1. The van der Waals surface area contributed by atoms with Gasteiger partial charge in [-0.15, -0.1) is 11.3 Å². The highest BCUT2D eigenvalue weighted by molar-refractivity contribution is 7.09. The molecular weight excluding hydrogens is 274 g/mol. The maximum atomic E-state index is 12.5. The first-order valence-corrected chi connectivity index (χ1v) is 7.77. The summed E-state index contributed by atoms with van der Waals surface area (Å²) in [4.78, 5) is 30.7. The number of aryl methyl sites for hydroxylation is 1. The van der Waals surface area contributed by atoms with Crippen LogP contribution in [-0.4, -0.2) is 39.8 Å². The Bertz CT molecular complexity index is 524. The molecule has 0 radical (unpaired) electrons. The Morgan fingerprint density at radius 2 is 2.15 bits per heavy atom. The summed E-state index contributed by atoms with van der Waals surface area (Å²) in [7, 11) is 0. The summed E-state index contributed by atoms with van der Waals surface area (Å²) in [6.45, 7) is 7.92. The number of hydrogen-bond acceptors (Lipinski definition) is 4. The van der Waals surface area contributed by atoms with Gasteiger partial charge in [-0.05, 0) is 27.2 Å². The standard InChI is InChI=1S/C14H21N3O2S/c1-5-10-12(18)16-14(3,4)13(19)17(10)7-6-11-15-9(2)8-20-11/h8,10H,5-7H2,1-4H3,(H,16,18). The quantitative estimate of drug-likeness (QED) is 0.916. The van der Waals surface area contributed by atoms with E-state index in [1.54, 1.807) is 30.1 Å². The number of piperazine rings is 1. The Morgan fingerprint density at radius 3 is 2.70 bits per heavy atom. The number of amides is 2. The number of carbonyl (C=O) groups excluding carboxylic acids is 2. The van der Waals surface area contributed by atoms with Gasteiger partial charge in [0, 0.05) is 24.0 Å². The minimum absolute atomic E-state index is 0.0165. The molecule has 110 valence electrons. The van der Waals surface area contributed by atoms with Crippen LogP contribution in [-0.2, 0) is 16.0 Å². The van der Waals surface area contributed by atoms with Crippen molar-refractivity contribution in [3.05, 3.63) is 16.1 Å². The van der Waals surface area contributed by atoms with Crippen molar-refractivity contribution < 1.29 is 9.59 Å². The Labute approximate surface area is 123 Å². The van der Waals surface area contributed by atoms with Crippen LogP contribution < -0.4 is 5.32 Å². The van der Waals surface area contributed by atoms with Gasteiger partial charge in [0.1, 0.15) is 11.6 Å². The van der Waals surface area contributed by atoms with Crippen LogP contribution in [0, 0.1) is 6.92 Å². The molecule has 1 aliphatic rings. The lowest BCUT2D eigenvalue weighted by molar-refractivity contribution is -0.153. The topological polar surface area (TPSA) is 62.3 Å². The molecule has 1 saturated heterocycles. The fourth-order valence-electron chi connectivity index (χ4n) is 2.48. The molecule has 1 aliphatic heterocycles. The average Bonchev–Trinajstić information content (AvgIpc) is 2.77. The molecule has 2 amide bonds. The molecule has 0 spiro atoms. The smallest absolute Gasteiger partial charge is 0.248 e. The zero-order chi connectivity index (χ0) is 14.9. The fourth-order valence-corrected chi connectivity index (χ4v) is 3.25. The molecule has 6 heteroatoms. The number of nitrogens with zero attached hydrogens (tertiary/aromatic N) is 2. The highest BCUT2D eigenvalue weighted by Crippen LogP contribution is 2.21. The molecule has 20 heavy (non-hydrogen) atoms. The van der Waals surface area contributed by atoms with Gasteiger partial charge in [-0.25, -0.2) is 4.98 Å². The molecule has 1 aromatic rings. The first-order chi connectivity index (χ1) is 9.35. The van der Waals surface area contributed by atoms with Crippen LogP contribution in [0.5, 0.6) is 0 Å². The minimum atomic E-state index is -0.818. The van der Waals surface area contributed by atoms with Crippen molar-refractivity contribution in [2.45, 2.75) is 52.1 Å². The molecule has 2 rings (SSSR count). The molecule has 0 aliphatic carbocycles. The zero-order valence-corrected chi connectivity index (χ0v) is 13.2. The van der Waals surface area contributed by atoms with Crippen LogP contribution in [0.3, 0.4) is 0 Å². The third-order valence-electron chi connectivity index (χ3n) is 3.53. The molecule has 5 nitrogen and oxygen atoms in total. The number of nitrogens with one attached hydrogen (secondary N) is 1. The van der Waals surface area contributed by atoms with Gasteiger partial charge in [0.2, 0.25) is 11.8 Å². The molecular formula is C14H21N3O2S. The first-order valence-electron chi connectivity index (χ1n) is 6.89. The average molecular weight is 295 g/mol. The van der Waals surface area contributed by atoms with Crippen LogP contribution >= 0.6 is 11.3 Å². The van der Waals surface area contributed by atoms with Gasteiger partial charge in [0.05, 0.1) is 5.01 Å². The summed E-state index contributed by atoms with van der Waals surface area (Å²) in [5.74, 6) is -0.0790. The van der Waals surface area contributed by atoms with Gasteiger partial charge in [0.25, 0.3) is 0 Å². The minimum Gasteiger partial charge on any atom is -0.340 e. The Morgan fingerprint density at radius 1 is 1.45 bits per heavy atom. The second-order valence-electron chi connectivity index (χ2n) is 5.67. The van der Waals surface area contributed by atoms with Crippen LogP contribution in [0.25, 0.3) is 0 Å². The molecule has 1 aromatic heterocycles. The summed E-state index contributed by atoms with van der Waals surface area (Å²) in [6.07, 6.45) is 1.33. The monoisotopic (exact) mass is 295 g/mol. The third-order valence-corrected chi connectivity index (χ3v) is 4.56. The summed E-state index contributed by atoms with van der Waals surface area (Å²) >= 11 is 1.60. The van der Waals surface area contributed by atoms with Crippen LogP contribution in [0.15, 0.2) is 5.38 Å². The summed E-state index contributed by atoms with van der Waals surface area (Å²) in [5.41, 5.74) is 0.182. The van der Waals surface area contributed by atoms with E-state index in [2.05, 4.69) is 10.3 Å². The predicted molar refractivity (Wildman–Crippen MR) is 78.6 cm³/mol. The summed E-state index contributed by atoms with van der Waals surface area (Å²) in [5, 5.41) is 5.81. The van der Waals surface area contributed by atoms with E-state index in [0.717, 1.165) is 10.7 Å². The van der Waals surface area contributed by atoms with Crippen LogP contribution in [0.4, 0.5) is 0 Å². The molecule has 0 bridgehead atoms. The van der Waals surface area contributed by atoms with Gasteiger partial charge in [0.15, 0.2) is 0 Å². The van der Waals surface area contributed by atoms with Crippen molar-refractivity contribution in [1.29, 1.82) is 0 Å². The lowest BCUT2D eigenvalue weighted by atomic mass is 9.95. The first kappa shape index (κ1) is 15.0. The van der Waals surface area contributed by atoms with E-state index >= 15 is 0 Å². The van der Waals surface area contributed by atoms with E-state index in [4.69, 9.17) is 0 Å². The molecule has 0 saturated carbocycles. The maximum Gasteiger partial charge on any atom is 0.248 e.